The molecule has 0 aliphatic rings. The molecule has 9 heteroatoms. The van der Waals surface area contributed by atoms with Crippen molar-refractivity contribution >= 4 is 5.78 Å². The third kappa shape index (κ3) is 5.25. The number of hydrogen-bond donors (Lipinski definition) is 1. The molecular formula is C27H26N8O. The number of nitrogens with one attached hydrogen (secondary N) is 1. The van der Waals surface area contributed by atoms with Crippen molar-refractivity contribution in [3.63, 3.8) is 0 Å². The number of nitrogens with zero attached hydrogens (tertiary/aromatic N) is 7. The van der Waals surface area contributed by atoms with Crippen LogP contribution in [-0.4, -0.2) is 46.2 Å². The van der Waals surface area contributed by atoms with Crippen LogP contribution in [-0.2, 0) is 19.4 Å². The van der Waals surface area contributed by atoms with Gasteiger partial charge < -0.3 is 0 Å². The molecule has 0 bridgehead atoms. The first-order valence-corrected chi connectivity index (χ1v) is 12.0. The number of H-pyrrole nitrogens is 1. The van der Waals surface area contributed by atoms with Crippen LogP contribution in [0, 0.1) is 0 Å². The van der Waals surface area contributed by atoms with Crippen LogP contribution in [0.25, 0.3) is 22.5 Å². The molecule has 0 aliphatic carbocycles. The SMILES string of the molecule is CCCCn1nc(C(=O)Cc2ccccc2)nc1Cc1ccc(-c2cnccc2-c2nnn[nH]2)cc1. The van der Waals surface area contributed by atoms with Crippen molar-refractivity contribution in [3.05, 3.63) is 95.8 Å². The lowest BCUT2D eigenvalue weighted by molar-refractivity contribution is 0.0982. The Labute approximate surface area is 208 Å². The Morgan fingerprint density at radius 1 is 0.972 bits per heavy atom. The van der Waals surface area contributed by atoms with Crippen LogP contribution in [0.1, 0.15) is 47.3 Å². The Morgan fingerprint density at radius 2 is 1.81 bits per heavy atom. The summed E-state index contributed by atoms with van der Waals surface area (Å²) in [5.74, 6) is 1.59. The molecule has 0 saturated heterocycles. The number of rotatable bonds is 10. The largest absolute Gasteiger partial charge is 0.290 e. The maximum Gasteiger partial charge on any atom is 0.217 e. The van der Waals surface area contributed by atoms with Gasteiger partial charge in [0.1, 0.15) is 5.82 Å². The third-order valence-corrected chi connectivity index (χ3v) is 5.98. The minimum atomic E-state index is -0.0703. The van der Waals surface area contributed by atoms with E-state index >= 15 is 0 Å². The molecule has 5 aromatic rings. The summed E-state index contributed by atoms with van der Waals surface area (Å²) < 4.78 is 1.88. The Bertz CT molecular complexity index is 1430. The number of carbonyl (C=O) groups is 1. The Kier molecular flexibility index (Phi) is 6.98. The van der Waals surface area contributed by atoms with Crippen LogP contribution in [0.2, 0.25) is 0 Å². The second-order valence-corrected chi connectivity index (χ2v) is 8.56. The summed E-state index contributed by atoms with van der Waals surface area (Å²) in [4.78, 5) is 21.8. The van der Waals surface area contributed by atoms with Crippen LogP contribution in [0.15, 0.2) is 73.1 Å². The molecule has 1 N–H and O–H groups in total. The average molecular weight is 479 g/mol. The number of benzene rings is 2. The van der Waals surface area contributed by atoms with Gasteiger partial charge in [-0.3, -0.25) is 9.78 Å². The normalized spacial score (nSPS) is 11.0. The second kappa shape index (κ2) is 10.8. The predicted octanol–water partition coefficient (Wildman–Crippen LogP) is 4.34. The minimum Gasteiger partial charge on any atom is -0.290 e. The molecule has 36 heavy (non-hydrogen) atoms. The lowest BCUT2D eigenvalue weighted by atomic mass is 9.99. The van der Waals surface area contributed by atoms with Gasteiger partial charge in [-0.05, 0) is 39.6 Å². The van der Waals surface area contributed by atoms with Crippen molar-refractivity contribution in [2.45, 2.75) is 39.2 Å². The zero-order chi connectivity index (χ0) is 24.7. The van der Waals surface area contributed by atoms with Crippen molar-refractivity contribution in [1.29, 1.82) is 0 Å². The highest BCUT2D eigenvalue weighted by atomic mass is 16.1. The topological polar surface area (TPSA) is 115 Å². The molecule has 3 aromatic heterocycles. The Morgan fingerprint density at radius 3 is 2.56 bits per heavy atom. The van der Waals surface area contributed by atoms with Crippen molar-refractivity contribution in [3.8, 4) is 22.5 Å². The molecule has 0 atom stereocenters. The Balaban J connectivity index is 1.37. The second-order valence-electron chi connectivity index (χ2n) is 8.56. The third-order valence-electron chi connectivity index (χ3n) is 5.98. The molecule has 9 nitrogen and oxygen atoms in total. The zero-order valence-electron chi connectivity index (χ0n) is 20.0. The minimum absolute atomic E-state index is 0.0703. The predicted molar refractivity (Wildman–Crippen MR) is 135 cm³/mol. The van der Waals surface area contributed by atoms with Gasteiger partial charge >= 0.3 is 0 Å². The quantitative estimate of drug-likeness (QED) is 0.297. The number of unbranched alkanes of at least 4 members (excludes halogenated alkanes) is 1. The lowest BCUT2D eigenvalue weighted by Gasteiger charge is -2.08. The van der Waals surface area contributed by atoms with Crippen molar-refractivity contribution in [2.75, 3.05) is 0 Å². The molecule has 0 aliphatic heterocycles. The Hall–Kier alpha value is -4.53. The van der Waals surface area contributed by atoms with Crippen LogP contribution in [0.5, 0.6) is 0 Å². The van der Waals surface area contributed by atoms with E-state index in [0.717, 1.165) is 53.0 Å². The molecule has 3 heterocycles. The highest BCUT2D eigenvalue weighted by molar-refractivity contribution is 5.94. The number of hydrogen-bond acceptors (Lipinski definition) is 7. The van der Waals surface area contributed by atoms with E-state index in [1.54, 1.807) is 12.4 Å². The summed E-state index contributed by atoms with van der Waals surface area (Å²) in [5, 5.41) is 18.8. The van der Waals surface area contributed by atoms with E-state index in [-0.39, 0.29) is 11.6 Å². The van der Waals surface area contributed by atoms with Gasteiger partial charge in [-0.2, -0.15) is 0 Å². The summed E-state index contributed by atoms with van der Waals surface area (Å²) in [5.41, 5.74) is 4.86. The molecule has 0 amide bonds. The first kappa shape index (κ1) is 23.2. The maximum atomic E-state index is 12.9. The fourth-order valence-corrected chi connectivity index (χ4v) is 4.06. The summed E-state index contributed by atoms with van der Waals surface area (Å²) in [6, 6.07) is 19.8. The number of aryl methyl sites for hydroxylation is 1. The maximum absolute atomic E-state index is 12.9. The number of aromatic amines is 1. The van der Waals surface area contributed by atoms with E-state index in [0.29, 0.717) is 18.7 Å². The number of tetrazole rings is 1. The van der Waals surface area contributed by atoms with Gasteiger partial charge in [-0.15, -0.1) is 10.2 Å². The molecular weight excluding hydrogens is 452 g/mol. The van der Waals surface area contributed by atoms with E-state index < -0.39 is 0 Å². The van der Waals surface area contributed by atoms with Crippen molar-refractivity contribution in [1.82, 2.24) is 40.4 Å². The summed E-state index contributed by atoms with van der Waals surface area (Å²) in [7, 11) is 0. The fourth-order valence-electron chi connectivity index (χ4n) is 4.06. The van der Waals surface area contributed by atoms with E-state index in [2.05, 4.69) is 54.7 Å². The smallest absolute Gasteiger partial charge is 0.217 e. The van der Waals surface area contributed by atoms with Gasteiger partial charge in [0.05, 0.1) is 0 Å². The first-order valence-electron chi connectivity index (χ1n) is 12.0. The van der Waals surface area contributed by atoms with Crippen LogP contribution >= 0.6 is 0 Å². The molecule has 2 aromatic carbocycles. The highest BCUT2D eigenvalue weighted by Crippen LogP contribution is 2.29. The van der Waals surface area contributed by atoms with Crippen molar-refractivity contribution in [2.24, 2.45) is 0 Å². The number of Topliss-reactive ketones (excluding diaryl/α,β-unsaturated/α-hetero) is 1. The molecule has 0 fully saturated rings. The van der Waals surface area contributed by atoms with E-state index in [1.165, 1.54) is 0 Å². The molecule has 0 unspecified atom stereocenters. The lowest BCUT2D eigenvalue weighted by Crippen LogP contribution is -2.08. The van der Waals surface area contributed by atoms with Gasteiger partial charge in [0.2, 0.25) is 11.6 Å². The standard InChI is InChI=1S/C27H26N8O/c1-2-3-15-35-25(29-27(32-35)24(36)16-19-7-5-4-6-8-19)17-20-9-11-21(12-10-20)23-18-28-14-13-22(23)26-30-33-34-31-26/h4-14,18H,2-3,15-17H2,1H3,(H,30,31,33,34). The highest BCUT2D eigenvalue weighted by Gasteiger charge is 2.17. The number of aromatic nitrogens is 8. The first-order chi connectivity index (χ1) is 17.7. The summed E-state index contributed by atoms with van der Waals surface area (Å²) >= 11 is 0. The van der Waals surface area contributed by atoms with E-state index in [4.69, 9.17) is 0 Å². The zero-order valence-corrected chi connectivity index (χ0v) is 20.0. The van der Waals surface area contributed by atoms with E-state index in [9.17, 15) is 4.79 Å². The molecule has 0 saturated carbocycles. The average Bonchev–Trinajstić information content (AvgIpc) is 3.59. The van der Waals surface area contributed by atoms with Crippen LogP contribution in [0.3, 0.4) is 0 Å². The molecule has 0 spiro atoms. The van der Waals surface area contributed by atoms with Gasteiger partial charge in [0, 0.05) is 42.9 Å². The molecule has 5 rings (SSSR count). The number of ketones is 1. The van der Waals surface area contributed by atoms with Crippen LogP contribution in [0.4, 0.5) is 0 Å². The van der Waals surface area contributed by atoms with Gasteiger partial charge in [0.15, 0.2) is 5.82 Å². The fraction of sp³-hybridized carbons (Fsp3) is 0.222. The monoisotopic (exact) mass is 478 g/mol. The molecule has 180 valence electrons. The number of carbonyl (C=O) groups excluding carboxylic acids is 1. The van der Waals surface area contributed by atoms with E-state index in [1.807, 2.05) is 53.2 Å². The summed E-state index contributed by atoms with van der Waals surface area (Å²) in [6.45, 7) is 2.87. The van der Waals surface area contributed by atoms with Gasteiger partial charge in [0.25, 0.3) is 0 Å². The van der Waals surface area contributed by atoms with Crippen molar-refractivity contribution < 1.29 is 4.79 Å². The summed E-state index contributed by atoms with van der Waals surface area (Å²) in [6.07, 6.45) is 6.41. The van der Waals surface area contributed by atoms with Gasteiger partial charge in [-0.25, -0.2) is 14.8 Å². The number of pyridine rings is 1. The molecule has 0 radical (unpaired) electrons. The van der Waals surface area contributed by atoms with Crippen LogP contribution < -0.4 is 0 Å². The van der Waals surface area contributed by atoms with Gasteiger partial charge in [-0.1, -0.05) is 67.9 Å².